The molecule has 2 aromatic heterocycles. The Kier molecular flexibility index (Phi) is 8.16. The van der Waals surface area contributed by atoms with Crippen LogP contribution in [0, 0.1) is 11.7 Å². The summed E-state index contributed by atoms with van der Waals surface area (Å²) in [7, 11) is 0. The minimum atomic E-state index is -0.937. The fourth-order valence-electron chi connectivity index (χ4n) is 5.64. The molecule has 0 amide bonds. The van der Waals surface area contributed by atoms with Crippen molar-refractivity contribution >= 4 is 28.6 Å². The van der Waals surface area contributed by atoms with E-state index in [9.17, 15) is 14.3 Å². The Hall–Kier alpha value is -3.57. The van der Waals surface area contributed by atoms with Gasteiger partial charge in [-0.15, -0.1) is 0 Å². The molecule has 2 aromatic carbocycles. The summed E-state index contributed by atoms with van der Waals surface area (Å²) in [6.45, 7) is 5.04. The number of rotatable bonds is 9. The number of benzene rings is 2. The van der Waals surface area contributed by atoms with Crippen LogP contribution < -0.4 is 15.6 Å². The van der Waals surface area contributed by atoms with Crippen LogP contribution in [-0.4, -0.2) is 56.7 Å². The highest BCUT2D eigenvalue weighted by Gasteiger charge is 2.25. The second-order valence-corrected chi connectivity index (χ2v) is 11.2. The van der Waals surface area contributed by atoms with Gasteiger partial charge in [-0.3, -0.25) is 15.8 Å². The van der Waals surface area contributed by atoms with Crippen molar-refractivity contribution in [1.82, 2.24) is 30.3 Å². The molecule has 0 radical (unpaired) electrons. The van der Waals surface area contributed by atoms with E-state index in [4.69, 9.17) is 26.3 Å². The average Bonchev–Trinajstić information content (AvgIpc) is 3.61. The lowest BCUT2D eigenvalue weighted by atomic mass is 9.93. The van der Waals surface area contributed by atoms with Gasteiger partial charge in [0.05, 0.1) is 23.1 Å². The summed E-state index contributed by atoms with van der Waals surface area (Å²) in [6, 6.07) is 15.5. The van der Waals surface area contributed by atoms with Crippen molar-refractivity contribution in [3.8, 4) is 5.88 Å². The molecule has 9 nitrogen and oxygen atoms in total. The third kappa shape index (κ3) is 6.36. The summed E-state index contributed by atoms with van der Waals surface area (Å²) in [5, 5.41) is 9.89. The summed E-state index contributed by atoms with van der Waals surface area (Å²) < 4.78 is 22.1. The molecule has 0 spiro atoms. The van der Waals surface area contributed by atoms with Gasteiger partial charge in [0.2, 0.25) is 5.88 Å². The van der Waals surface area contributed by atoms with Crippen molar-refractivity contribution in [2.75, 3.05) is 26.2 Å². The van der Waals surface area contributed by atoms with Crippen molar-refractivity contribution < 1.29 is 19.0 Å². The Bertz CT molecular complexity index is 1550. The van der Waals surface area contributed by atoms with Crippen LogP contribution in [0.3, 0.4) is 0 Å². The van der Waals surface area contributed by atoms with Crippen molar-refractivity contribution in [3.05, 3.63) is 88.1 Å². The van der Waals surface area contributed by atoms with Gasteiger partial charge in [0.25, 0.3) is 0 Å². The zero-order valence-corrected chi connectivity index (χ0v) is 23.3. The number of nitrogens with one attached hydrogen (secondary N) is 2. The van der Waals surface area contributed by atoms with Crippen LogP contribution in [0.25, 0.3) is 11.0 Å². The van der Waals surface area contributed by atoms with Gasteiger partial charge < -0.3 is 14.4 Å². The molecule has 0 atom stereocenters. The number of piperidine rings is 1. The molecular formula is C30H32ClFN6O3. The molecule has 0 unspecified atom stereocenters. The molecule has 214 valence electrons. The minimum Gasteiger partial charge on any atom is -0.478 e. The van der Waals surface area contributed by atoms with Crippen molar-refractivity contribution in [2.45, 2.75) is 38.5 Å². The van der Waals surface area contributed by atoms with Gasteiger partial charge >= 0.3 is 5.97 Å². The first kappa shape index (κ1) is 27.6. The summed E-state index contributed by atoms with van der Waals surface area (Å²) in [5.41, 5.74) is 9.73. The van der Waals surface area contributed by atoms with Gasteiger partial charge in [-0.25, -0.2) is 19.2 Å². The number of aromatic carboxylic acids is 1. The molecule has 4 aromatic rings. The highest BCUT2D eigenvalue weighted by Crippen LogP contribution is 2.30. The van der Waals surface area contributed by atoms with E-state index in [2.05, 4.69) is 20.3 Å². The van der Waals surface area contributed by atoms with E-state index in [-0.39, 0.29) is 12.2 Å². The lowest BCUT2D eigenvalue weighted by Crippen LogP contribution is -2.34. The molecule has 2 aliphatic rings. The van der Waals surface area contributed by atoms with Crippen LogP contribution in [0.4, 0.5) is 4.39 Å². The molecule has 2 saturated heterocycles. The molecule has 3 N–H and O–H groups in total. The second-order valence-electron chi connectivity index (χ2n) is 10.8. The first-order chi connectivity index (χ1) is 19.9. The van der Waals surface area contributed by atoms with Crippen molar-refractivity contribution in [1.29, 1.82) is 0 Å². The van der Waals surface area contributed by atoms with Crippen molar-refractivity contribution in [3.63, 3.8) is 0 Å². The number of carboxylic acid groups (broad SMARTS) is 1. The molecule has 4 heterocycles. The Morgan fingerprint density at radius 2 is 1.88 bits per heavy atom. The maximum atomic E-state index is 14.1. The number of carbonyl (C=O) groups is 1. The number of halogens is 2. The normalized spacial score (nSPS) is 16.9. The first-order valence-electron chi connectivity index (χ1n) is 13.9. The van der Waals surface area contributed by atoms with Crippen LogP contribution in [0.5, 0.6) is 5.88 Å². The number of ether oxygens (including phenoxy) is 1. The van der Waals surface area contributed by atoms with Gasteiger partial charge in [-0.1, -0.05) is 23.7 Å². The summed E-state index contributed by atoms with van der Waals surface area (Å²) in [4.78, 5) is 23.7. The smallest absolute Gasteiger partial charge is 0.335 e. The highest BCUT2D eigenvalue weighted by atomic mass is 35.5. The van der Waals surface area contributed by atoms with E-state index in [1.165, 1.54) is 6.07 Å². The number of nitrogens with zero attached hydrogens (tertiary/aromatic N) is 4. The predicted molar refractivity (Wildman–Crippen MR) is 153 cm³/mol. The van der Waals surface area contributed by atoms with Gasteiger partial charge in [-0.2, -0.15) is 0 Å². The first-order valence-corrected chi connectivity index (χ1v) is 14.2. The second kappa shape index (κ2) is 12.1. The number of aromatic nitrogens is 3. The van der Waals surface area contributed by atoms with Gasteiger partial charge in [0, 0.05) is 53.8 Å². The van der Waals surface area contributed by atoms with E-state index < -0.39 is 11.8 Å². The molecule has 6 rings (SSSR count). The van der Waals surface area contributed by atoms with Crippen LogP contribution in [-0.2, 0) is 19.7 Å². The minimum absolute atomic E-state index is 0.0832. The average molecular weight is 579 g/mol. The Labute approximate surface area is 242 Å². The predicted octanol–water partition coefficient (Wildman–Crippen LogP) is 4.60. The number of carboxylic acids is 1. The largest absolute Gasteiger partial charge is 0.478 e. The third-order valence-electron chi connectivity index (χ3n) is 7.93. The quantitative estimate of drug-likeness (QED) is 0.265. The summed E-state index contributed by atoms with van der Waals surface area (Å²) in [5.74, 6) is 0.790. The third-order valence-corrected chi connectivity index (χ3v) is 8.16. The fraction of sp³-hybridized carbons (Fsp3) is 0.367. The summed E-state index contributed by atoms with van der Waals surface area (Å²) in [6.07, 6.45) is 1.89. The number of fused-ring (bicyclic) bond motifs is 1. The number of hydrogen-bond acceptors (Lipinski definition) is 7. The molecule has 41 heavy (non-hydrogen) atoms. The zero-order valence-electron chi connectivity index (χ0n) is 22.5. The van der Waals surface area contributed by atoms with E-state index >= 15 is 0 Å². The Balaban J connectivity index is 1.11. The van der Waals surface area contributed by atoms with Crippen LogP contribution in [0.15, 0.2) is 54.6 Å². The maximum Gasteiger partial charge on any atom is 0.335 e. The Morgan fingerprint density at radius 1 is 1.07 bits per heavy atom. The number of likely N-dealkylation sites (tertiary alicyclic amines) is 1. The van der Waals surface area contributed by atoms with Crippen LogP contribution in [0.2, 0.25) is 5.02 Å². The van der Waals surface area contributed by atoms with Gasteiger partial charge in [0.15, 0.2) is 0 Å². The molecule has 2 fully saturated rings. The zero-order chi connectivity index (χ0) is 28.3. The topological polar surface area (TPSA) is 105 Å². The van der Waals surface area contributed by atoms with Gasteiger partial charge in [-0.05, 0) is 62.3 Å². The maximum absolute atomic E-state index is 14.1. The van der Waals surface area contributed by atoms with Crippen LogP contribution in [0.1, 0.15) is 46.2 Å². The lowest BCUT2D eigenvalue weighted by molar-refractivity contribution is 0.0697. The van der Waals surface area contributed by atoms with Crippen LogP contribution >= 0.6 is 11.6 Å². The van der Waals surface area contributed by atoms with Gasteiger partial charge in [0.1, 0.15) is 18.2 Å². The van der Waals surface area contributed by atoms with E-state index in [1.54, 1.807) is 36.4 Å². The number of hydrazine groups is 1. The fourth-order valence-corrected chi connectivity index (χ4v) is 5.80. The number of hydrogen-bond donors (Lipinski definition) is 3. The van der Waals surface area contributed by atoms with E-state index in [0.29, 0.717) is 34.8 Å². The van der Waals surface area contributed by atoms with E-state index in [1.807, 2.05) is 12.1 Å². The molecular weight excluding hydrogens is 547 g/mol. The van der Waals surface area contributed by atoms with E-state index in [0.717, 1.165) is 68.1 Å². The monoisotopic (exact) mass is 578 g/mol. The molecule has 0 aliphatic carbocycles. The molecule has 2 aliphatic heterocycles. The SMILES string of the molecule is O=C(O)c1ccc2nc(CN3CCC(c4cccc(OCc5ccc(Cl)cc5F)n4)CC3)n(CC3CNNC3)c2c1. The lowest BCUT2D eigenvalue weighted by Gasteiger charge is -2.31. The Morgan fingerprint density at radius 3 is 2.63 bits per heavy atom. The molecule has 0 bridgehead atoms. The number of imidazole rings is 1. The molecule has 0 saturated carbocycles. The van der Waals surface area contributed by atoms with Crippen molar-refractivity contribution in [2.24, 2.45) is 5.92 Å². The standard InChI is InChI=1S/C30H32ClFN6O3/c31-23-6-4-22(24(32)13-23)18-41-29-3-1-2-25(36-29)20-8-10-37(11-9-20)17-28-35-26-7-5-21(30(39)40)12-27(26)38(28)16-19-14-33-34-15-19/h1-7,12-13,19-20,33-34H,8-11,14-18H2,(H,39,40). The summed E-state index contributed by atoms with van der Waals surface area (Å²) >= 11 is 5.85. The number of pyridine rings is 1. The highest BCUT2D eigenvalue weighted by molar-refractivity contribution is 6.30. The molecule has 11 heteroatoms.